The molecule has 110 valence electrons. The zero-order chi connectivity index (χ0) is 14.4. The third-order valence-electron chi connectivity index (χ3n) is 4.13. The van der Waals surface area contributed by atoms with Crippen LogP contribution in [0.3, 0.4) is 0 Å². The van der Waals surface area contributed by atoms with Gasteiger partial charge in [0.05, 0.1) is 0 Å². The number of rotatable bonds is 6. The van der Waals surface area contributed by atoms with Gasteiger partial charge in [0, 0.05) is 18.2 Å². The molecule has 1 aliphatic rings. The molecule has 0 radical (unpaired) electrons. The number of carbonyl (C=O) groups is 1. The van der Waals surface area contributed by atoms with Crippen molar-refractivity contribution in [1.29, 1.82) is 0 Å². The zero-order valence-corrected chi connectivity index (χ0v) is 12.7. The molecule has 1 unspecified atom stereocenters. The van der Waals surface area contributed by atoms with Gasteiger partial charge < -0.3 is 10.6 Å². The summed E-state index contributed by atoms with van der Waals surface area (Å²) >= 11 is 0. The van der Waals surface area contributed by atoms with E-state index in [9.17, 15) is 4.79 Å². The smallest absolute Gasteiger partial charge is 0.227 e. The predicted octanol–water partition coefficient (Wildman–Crippen LogP) is 3.49. The lowest BCUT2D eigenvalue weighted by atomic mass is 9.97. The molecular formula is C17H26N2O. The number of anilines is 1. The first-order valence-corrected chi connectivity index (χ1v) is 7.88. The minimum Gasteiger partial charge on any atom is -0.326 e. The fraction of sp³-hybridized carbons (Fsp3) is 0.588. The number of nitrogens with one attached hydrogen (secondary N) is 2. The van der Waals surface area contributed by atoms with Gasteiger partial charge in [-0.25, -0.2) is 0 Å². The Balaban J connectivity index is 1.99. The van der Waals surface area contributed by atoms with Crippen molar-refractivity contribution >= 4 is 11.6 Å². The van der Waals surface area contributed by atoms with Crippen molar-refractivity contribution in [1.82, 2.24) is 5.32 Å². The van der Waals surface area contributed by atoms with Crippen molar-refractivity contribution in [2.75, 3.05) is 11.9 Å². The lowest BCUT2D eigenvalue weighted by molar-refractivity contribution is -0.120. The van der Waals surface area contributed by atoms with E-state index in [2.05, 4.69) is 36.6 Å². The highest BCUT2D eigenvalue weighted by Gasteiger charge is 2.16. The van der Waals surface area contributed by atoms with E-state index in [1.165, 1.54) is 11.1 Å². The van der Waals surface area contributed by atoms with Gasteiger partial charge in [-0.15, -0.1) is 0 Å². The van der Waals surface area contributed by atoms with Crippen molar-refractivity contribution in [3.8, 4) is 0 Å². The molecule has 1 aliphatic heterocycles. The van der Waals surface area contributed by atoms with Crippen molar-refractivity contribution in [3.05, 3.63) is 29.3 Å². The first-order valence-electron chi connectivity index (χ1n) is 7.88. The summed E-state index contributed by atoms with van der Waals surface area (Å²) in [6.45, 7) is 6.22. The van der Waals surface area contributed by atoms with E-state index in [1.54, 1.807) is 0 Å². The molecule has 2 N–H and O–H groups in total. The largest absolute Gasteiger partial charge is 0.326 e. The van der Waals surface area contributed by atoms with Crippen LogP contribution in [-0.2, 0) is 17.8 Å². The Morgan fingerprint density at radius 2 is 2.20 bits per heavy atom. The number of fused-ring (bicyclic) bond motifs is 1. The predicted molar refractivity (Wildman–Crippen MR) is 83.8 cm³/mol. The Labute approximate surface area is 122 Å². The normalized spacial score (nSPS) is 15.5. The lowest BCUT2D eigenvalue weighted by Crippen LogP contribution is -2.25. The molecule has 0 saturated carbocycles. The number of carbonyl (C=O) groups excluding carboxylic acids is 1. The van der Waals surface area contributed by atoms with Crippen molar-refractivity contribution in [2.45, 2.75) is 52.5 Å². The van der Waals surface area contributed by atoms with Crippen LogP contribution in [-0.4, -0.2) is 12.5 Å². The van der Waals surface area contributed by atoms with Crippen molar-refractivity contribution < 1.29 is 4.79 Å². The fourth-order valence-electron chi connectivity index (χ4n) is 2.77. The molecule has 1 heterocycles. The lowest BCUT2D eigenvalue weighted by Gasteiger charge is -2.19. The van der Waals surface area contributed by atoms with E-state index < -0.39 is 0 Å². The molecule has 20 heavy (non-hydrogen) atoms. The highest BCUT2D eigenvalue weighted by atomic mass is 16.1. The van der Waals surface area contributed by atoms with Crippen LogP contribution in [0.25, 0.3) is 0 Å². The summed E-state index contributed by atoms with van der Waals surface area (Å²) in [5.41, 5.74) is 3.66. The number of benzene rings is 1. The second-order valence-corrected chi connectivity index (χ2v) is 5.65. The molecule has 1 aromatic rings. The van der Waals surface area contributed by atoms with Gasteiger partial charge in [-0.05, 0) is 49.1 Å². The Morgan fingerprint density at radius 1 is 1.35 bits per heavy atom. The Hall–Kier alpha value is -1.35. The molecule has 0 saturated heterocycles. The van der Waals surface area contributed by atoms with Gasteiger partial charge in [-0.1, -0.05) is 32.8 Å². The van der Waals surface area contributed by atoms with Gasteiger partial charge >= 0.3 is 0 Å². The summed E-state index contributed by atoms with van der Waals surface area (Å²) in [7, 11) is 0. The van der Waals surface area contributed by atoms with Crippen LogP contribution in [0.4, 0.5) is 5.69 Å². The van der Waals surface area contributed by atoms with Gasteiger partial charge in [0.15, 0.2) is 0 Å². The molecule has 1 aromatic carbocycles. The SMILES string of the molecule is CCCCC(CC)C(=O)Nc1ccc2c(c1)CNCC2. The minimum atomic E-state index is 0.143. The number of unbranched alkanes of at least 4 members (excludes halogenated alkanes) is 1. The standard InChI is InChI=1S/C17H26N2O/c1-3-5-6-13(4-2)17(20)19-16-8-7-14-9-10-18-12-15(14)11-16/h7-8,11,13,18H,3-6,9-10,12H2,1-2H3,(H,19,20). The maximum Gasteiger partial charge on any atom is 0.227 e. The average Bonchev–Trinajstić information content (AvgIpc) is 2.48. The molecule has 3 nitrogen and oxygen atoms in total. The van der Waals surface area contributed by atoms with E-state index >= 15 is 0 Å². The summed E-state index contributed by atoms with van der Waals surface area (Å²) in [4.78, 5) is 12.3. The van der Waals surface area contributed by atoms with Gasteiger partial charge in [0.2, 0.25) is 5.91 Å². The third kappa shape index (κ3) is 3.83. The van der Waals surface area contributed by atoms with Gasteiger partial charge in [-0.3, -0.25) is 4.79 Å². The van der Waals surface area contributed by atoms with Crippen LogP contribution < -0.4 is 10.6 Å². The number of hydrogen-bond donors (Lipinski definition) is 2. The van der Waals surface area contributed by atoms with Gasteiger partial charge in [0.1, 0.15) is 0 Å². The molecule has 0 aromatic heterocycles. The second-order valence-electron chi connectivity index (χ2n) is 5.65. The monoisotopic (exact) mass is 274 g/mol. The first kappa shape index (κ1) is 15.0. The van der Waals surface area contributed by atoms with Crippen LogP contribution >= 0.6 is 0 Å². The highest BCUT2D eigenvalue weighted by Crippen LogP contribution is 2.21. The van der Waals surface area contributed by atoms with Crippen LogP contribution in [0.2, 0.25) is 0 Å². The maximum atomic E-state index is 12.3. The molecule has 0 fully saturated rings. The summed E-state index contributed by atoms with van der Waals surface area (Å²) in [6.07, 6.45) is 5.26. The number of hydrogen-bond acceptors (Lipinski definition) is 2. The molecule has 2 rings (SSSR count). The fourth-order valence-corrected chi connectivity index (χ4v) is 2.77. The van der Waals surface area contributed by atoms with Crippen molar-refractivity contribution in [2.24, 2.45) is 5.92 Å². The molecule has 1 amide bonds. The molecule has 0 bridgehead atoms. The Kier molecular flexibility index (Phi) is 5.60. The topological polar surface area (TPSA) is 41.1 Å². The molecular weight excluding hydrogens is 248 g/mol. The van der Waals surface area contributed by atoms with Gasteiger partial charge in [0.25, 0.3) is 0 Å². The molecule has 0 aliphatic carbocycles. The van der Waals surface area contributed by atoms with Gasteiger partial charge in [-0.2, -0.15) is 0 Å². The van der Waals surface area contributed by atoms with Crippen LogP contribution in [0.1, 0.15) is 50.7 Å². The highest BCUT2D eigenvalue weighted by molar-refractivity contribution is 5.92. The summed E-state index contributed by atoms with van der Waals surface area (Å²) in [6, 6.07) is 6.30. The van der Waals surface area contributed by atoms with E-state index in [0.717, 1.165) is 50.9 Å². The van der Waals surface area contributed by atoms with Crippen LogP contribution in [0.15, 0.2) is 18.2 Å². The summed E-state index contributed by atoms with van der Waals surface area (Å²) < 4.78 is 0. The minimum absolute atomic E-state index is 0.143. The van der Waals surface area contributed by atoms with E-state index in [1.807, 2.05) is 6.07 Å². The first-order chi connectivity index (χ1) is 9.74. The van der Waals surface area contributed by atoms with Crippen LogP contribution in [0.5, 0.6) is 0 Å². The molecule has 0 spiro atoms. The van der Waals surface area contributed by atoms with E-state index in [-0.39, 0.29) is 11.8 Å². The van der Waals surface area contributed by atoms with Crippen LogP contribution in [0, 0.1) is 5.92 Å². The summed E-state index contributed by atoms with van der Waals surface area (Å²) in [5, 5.41) is 6.46. The zero-order valence-electron chi connectivity index (χ0n) is 12.7. The van der Waals surface area contributed by atoms with E-state index in [4.69, 9.17) is 0 Å². The molecule has 1 atom stereocenters. The van der Waals surface area contributed by atoms with E-state index in [0.29, 0.717) is 0 Å². The number of amides is 1. The summed E-state index contributed by atoms with van der Waals surface area (Å²) in [5.74, 6) is 0.314. The average molecular weight is 274 g/mol. The Morgan fingerprint density at radius 3 is 2.95 bits per heavy atom. The Bertz CT molecular complexity index is 456. The second kappa shape index (κ2) is 7.44. The quantitative estimate of drug-likeness (QED) is 0.833. The maximum absolute atomic E-state index is 12.3. The third-order valence-corrected chi connectivity index (χ3v) is 4.13. The van der Waals surface area contributed by atoms with Crippen molar-refractivity contribution in [3.63, 3.8) is 0 Å². The molecule has 3 heteroatoms.